The van der Waals surface area contributed by atoms with Gasteiger partial charge in [0, 0.05) is 13.0 Å². The van der Waals surface area contributed by atoms with Crippen LogP contribution in [-0.2, 0) is 23.7 Å². The summed E-state index contributed by atoms with van der Waals surface area (Å²) in [6.07, 6.45) is 2.39. The number of nitrogens with zero attached hydrogens (tertiary/aromatic N) is 4. The predicted octanol–water partition coefficient (Wildman–Crippen LogP) is 0.375. The zero-order valence-electron chi connectivity index (χ0n) is 14.8. The van der Waals surface area contributed by atoms with Gasteiger partial charge in [-0.25, -0.2) is 8.42 Å². The highest BCUT2D eigenvalue weighted by Crippen LogP contribution is 2.38. The Morgan fingerprint density at radius 2 is 1.85 bits per heavy atom. The van der Waals surface area contributed by atoms with E-state index in [1.165, 1.54) is 17.7 Å². The van der Waals surface area contributed by atoms with Gasteiger partial charge in [0.1, 0.15) is 5.82 Å². The molecule has 26 heavy (non-hydrogen) atoms. The summed E-state index contributed by atoms with van der Waals surface area (Å²) in [4.78, 5) is 1.67. The molecule has 2 fully saturated rings. The number of quaternary nitrogens is 1. The molecule has 2 aliphatic rings. The standard InChI is InChI=1S/C17H23N5O2S2/c1-19-16(14-7-8-14)18-22(17(19)25)13-20-9-11-21(12-10-20)26(23,24)15-5-3-2-4-6-15/h2-6,14H,7-13H2,1H3/p+1. The average molecular weight is 395 g/mol. The molecule has 0 amide bonds. The topological polar surface area (TPSA) is 64.6 Å². The van der Waals surface area contributed by atoms with Gasteiger partial charge in [0.25, 0.3) is 0 Å². The summed E-state index contributed by atoms with van der Waals surface area (Å²) in [7, 11) is -1.41. The molecule has 7 nitrogen and oxygen atoms in total. The van der Waals surface area contributed by atoms with Crippen LogP contribution in [0.25, 0.3) is 0 Å². The number of sulfonamides is 1. The van der Waals surface area contributed by atoms with Gasteiger partial charge < -0.3 is 9.47 Å². The minimum absolute atomic E-state index is 0.365. The highest BCUT2D eigenvalue weighted by molar-refractivity contribution is 7.89. The zero-order chi connectivity index (χ0) is 18.3. The normalized spacial score (nSPS) is 19.7. The first kappa shape index (κ1) is 17.8. The molecule has 1 saturated heterocycles. The molecule has 0 atom stereocenters. The third-order valence-electron chi connectivity index (χ3n) is 5.20. The summed E-state index contributed by atoms with van der Waals surface area (Å²) in [6.45, 7) is 3.23. The van der Waals surface area contributed by atoms with Crippen LogP contribution in [0.4, 0.5) is 0 Å². The van der Waals surface area contributed by atoms with E-state index in [1.807, 2.05) is 22.4 Å². The Labute approximate surface area is 158 Å². The third-order valence-corrected chi connectivity index (χ3v) is 7.60. The van der Waals surface area contributed by atoms with Gasteiger partial charge in [-0.05, 0) is 37.2 Å². The third kappa shape index (κ3) is 3.36. The summed E-state index contributed by atoms with van der Waals surface area (Å²) in [5.74, 6) is 1.64. The van der Waals surface area contributed by atoms with Gasteiger partial charge in [0.05, 0.1) is 31.1 Å². The van der Waals surface area contributed by atoms with Crippen LogP contribution in [0.2, 0.25) is 0 Å². The molecule has 1 N–H and O–H groups in total. The molecular weight excluding hydrogens is 370 g/mol. The van der Waals surface area contributed by atoms with Gasteiger partial charge in [0.2, 0.25) is 14.8 Å². The summed E-state index contributed by atoms with van der Waals surface area (Å²) in [5, 5.41) is 4.70. The summed E-state index contributed by atoms with van der Waals surface area (Å²) in [6, 6.07) is 8.65. The molecule has 0 bridgehead atoms. The van der Waals surface area contributed by atoms with E-state index < -0.39 is 10.0 Å². The molecule has 1 aromatic carbocycles. The van der Waals surface area contributed by atoms with Crippen molar-refractivity contribution in [1.29, 1.82) is 0 Å². The van der Waals surface area contributed by atoms with Crippen molar-refractivity contribution in [2.45, 2.75) is 30.3 Å². The van der Waals surface area contributed by atoms with Crippen molar-refractivity contribution < 1.29 is 13.3 Å². The van der Waals surface area contributed by atoms with Gasteiger partial charge in [0.15, 0.2) is 6.67 Å². The van der Waals surface area contributed by atoms with E-state index in [-0.39, 0.29) is 0 Å². The highest BCUT2D eigenvalue weighted by atomic mass is 32.2. The molecule has 1 aliphatic heterocycles. The Balaban J connectivity index is 1.41. The largest absolute Gasteiger partial charge is 0.314 e. The van der Waals surface area contributed by atoms with Gasteiger partial charge in [-0.2, -0.15) is 14.1 Å². The number of aromatic nitrogens is 3. The first-order chi connectivity index (χ1) is 12.5. The highest BCUT2D eigenvalue weighted by Gasteiger charge is 2.32. The van der Waals surface area contributed by atoms with Crippen LogP contribution >= 0.6 is 12.2 Å². The van der Waals surface area contributed by atoms with Crippen LogP contribution in [0, 0.1) is 4.77 Å². The minimum atomic E-state index is -3.40. The van der Waals surface area contributed by atoms with Gasteiger partial charge in [-0.3, -0.25) is 0 Å². The molecule has 1 aliphatic carbocycles. The molecular formula is C17H24N5O2S2+. The maximum Gasteiger partial charge on any atom is 0.243 e. The number of benzene rings is 1. The van der Waals surface area contributed by atoms with E-state index in [1.54, 1.807) is 28.6 Å². The Morgan fingerprint density at radius 1 is 1.19 bits per heavy atom. The Bertz CT molecular complexity index is 939. The van der Waals surface area contributed by atoms with Crippen molar-refractivity contribution in [2.75, 3.05) is 26.2 Å². The Morgan fingerprint density at radius 3 is 2.46 bits per heavy atom. The van der Waals surface area contributed by atoms with Crippen LogP contribution < -0.4 is 4.90 Å². The second-order valence-corrected chi connectivity index (χ2v) is 9.40. The lowest BCUT2D eigenvalue weighted by Crippen LogP contribution is -3.14. The average Bonchev–Trinajstić information content (AvgIpc) is 3.46. The fourth-order valence-electron chi connectivity index (χ4n) is 3.46. The molecule has 4 rings (SSSR count). The second kappa shape index (κ2) is 6.88. The van der Waals surface area contributed by atoms with Crippen LogP contribution in [0.15, 0.2) is 35.2 Å². The molecule has 2 heterocycles. The Kier molecular flexibility index (Phi) is 4.72. The predicted molar refractivity (Wildman–Crippen MR) is 99.9 cm³/mol. The smallest absolute Gasteiger partial charge is 0.243 e. The lowest BCUT2D eigenvalue weighted by Gasteiger charge is -2.31. The van der Waals surface area contributed by atoms with Gasteiger partial charge in [-0.1, -0.05) is 18.2 Å². The summed E-state index contributed by atoms with van der Waals surface area (Å²) >= 11 is 5.52. The van der Waals surface area contributed by atoms with Crippen molar-refractivity contribution in [2.24, 2.45) is 7.05 Å². The van der Waals surface area contributed by atoms with Gasteiger partial charge in [-0.15, -0.1) is 0 Å². The van der Waals surface area contributed by atoms with Crippen LogP contribution in [-0.4, -0.2) is 53.2 Å². The van der Waals surface area contributed by atoms with E-state index in [4.69, 9.17) is 17.3 Å². The molecule has 140 valence electrons. The van der Waals surface area contributed by atoms with E-state index >= 15 is 0 Å². The fraction of sp³-hybridized carbons (Fsp3) is 0.529. The quantitative estimate of drug-likeness (QED) is 0.745. The van der Waals surface area contributed by atoms with Crippen LogP contribution in [0.3, 0.4) is 0 Å². The minimum Gasteiger partial charge on any atom is -0.314 e. The SMILES string of the molecule is Cn1c(C2CC2)nn(C[NH+]2CCN(S(=O)(=O)c3ccccc3)CC2)c1=S. The van der Waals surface area contributed by atoms with Crippen molar-refractivity contribution in [3.05, 3.63) is 40.9 Å². The number of hydrogen-bond acceptors (Lipinski definition) is 4. The Hall–Kier alpha value is -1.55. The lowest BCUT2D eigenvalue weighted by atomic mass is 10.4. The van der Waals surface area contributed by atoms with Gasteiger partial charge >= 0.3 is 0 Å². The van der Waals surface area contributed by atoms with Crippen molar-refractivity contribution in [1.82, 2.24) is 18.7 Å². The molecule has 0 radical (unpaired) electrons. The first-order valence-electron chi connectivity index (χ1n) is 8.99. The number of nitrogens with one attached hydrogen (secondary N) is 1. The molecule has 2 aromatic rings. The van der Waals surface area contributed by atoms with E-state index in [0.717, 1.165) is 23.7 Å². The summed E-state index contributed by atoms with van der Waals surface area (Å²) < 4.78 is 31.7. The number of piperazine rings is 1. The molecule has 1 aromatic heterocycles. The lowest BCUT2D eigenvalue weighted by molar-refractivity contribution is -0.926. The van der Waals surface area contributed by atoms with Crippen molar-refractivity contribution in [3.63, 3.8) is 0 Å². The maximum atomic E-state index is 12.7. The van der Waals surface area contributed by atoms with E-state index in [9.17, 15) is 8.42 Å². The first-order valence-corrected chi connectivity index (χ1v) is 10.8. The fourth-order valence-corrected chi connectivity index (χ4v) is 5.12. The van der Waals surface area contributed by atoms with Crippen molar-refractivity contribution in [3.8, 4) is 0 Å². The van der Waals surface area contributed by atoms with Crippen LogP contribution in [0.5, 0.6) is 0 Å². The van der Waals surface area contributed by atoms with Crippen molar-refractivity contribution >= 4 is 22.2 Å². The second-order valence-electron chi connectivity index (χ2n) is 7.10. The van der Waals surface area contributed by atoms with E-state index in [0.29, 0.717) is 30.6 Å². The monoisotopic (exact) mass is 394 g/mol. The maximum absolute atomic E-state index is 12.7. The zero-order valence-corrected chi connectivity index (χ0v) is 16.5. The molecule has 9 heteroatoms. The van der Waals surface area contributed by atoms with E-state index in [2.05, 4.69) is 0 Å². The van der Waals surface area contributed by atoms with Crippen LogP contribution in [0.1, 0.15) is 24.6 Å². The number of rotatable bonds is 5. The summed E-state index contributed by atoms with van der Waals surface area (Å²) in [5.41, 5.74) is 0. The molecule has 0 unspecified atom stereocenters. The molecule has 1 saturated carbocycles. The molecule has 0 spiro atoms. The number of hydrogen-bond donors (Lipinski definition) is 1.